The van der Waals surface area contributed by atoms with E-state index in [1.54, 1.807) is 32.0 Å². The minimum absolute atomic E-state index is 0.235. The largest absolute Gasteiger partial charge is 0.450 e. The van der Waals surface area contributed by atoms with Crippen LogP contribution in [0.25, 0.3) is 0 Å². The fourth-order valence-electron chi connectivity index (χ4n) is 1.77. The fraction of sp³-hybridized carbons (Fsp3) is 0.438. The summed E-state index contributed by atoms with van der Waals surface area (Å²) < 4.78 is 4.78. The number of carbonyl (C=O) groups is 3. The lowest BCUT2D eigenvalue weighted by Gasteiger charge is -2.14. The van der Waals surface area contributed by atoms with Crippen LogP contribution < -0.4 is 16.0 Å². The quantitative estimate of drug-likeness (QED) is 0.714. The molecule has 1 rings (SSSR count). The minimum atomic E-state index is -0.643. The maximum Gasteiger partial charge on any atom is 0.411 e. The average Bonchev–Trinajstić information content (AvgIpc) is 2.52. The summed E-state index contributed by atoms with van der Waals surface area (Å²) in [5.41, 5.74) is 0.786. The van der Waals surface area contributed by atoms with E-state index in [1.807, 2.05) is 6.92 Å². The van der Waals surface area contributed by atoms with Crippen molar-refractivity contribution in [3.63, 3.8) is 0 Å². The van der Waals surface area contributed by atoms with E-state index in [-0.39, 0.29) is 12.5 Å². The van der Waals surface area contributed by atoms with Gasteiger partial charge in [-0.25, -0.2) is 4.79 Å². The summed E-state index contributed by atoms with van der Waals surface area (Å²) >= 11 is 0. The number of anilines is 1. The first-order valence-electron chi connectivity index (χ1n) is 7.60. The van der Waals surface area contributed by atoms with Crippen LogP contribution in [0.2, 0.25) is 0 Å². The molecule has 0 fully saturated rings. The fourth-order valence-corrected chi connectivity index (χ4v) is 1.77. The predicted octanol–water partition coefficient (Wildman–Crippen LogP) is 1.90. The van der Waals surface area contributed by atoms with Crippen molar-refractivity contribution in [3.8, 4) is 0 Å². The van der Waals surface area contributed by atoms with Crippen LogP contribution in [0.15, 0.2) is 24.3 Å². The van der Waals surface area contributed by atoms with Gasteiger partial charge in [-0.15, -0.1) is 0 Å². The normalized spacial score (nSPS) is 11.3. The molecule has 0 aliphatic rings. The summed E-state index contributed by atoms with van der Waals surface area (Å²) in [6.07, 6.45) is 0.242. The van der Waals surface area contributed by atoms with Crippen molar-refractivity contribution in [2.45, 2.75) is 33.2 Å². The van der Waals surface area contributed by atoms with Crippen LogP contribution in [0.3, 0.4) is 0 Å². The van der Waals surface area contributed by atoms with E-state index in [4.69, 9.17) is 4.74 Å². The molecule has 0 spiro atoms. The predicted molar refractivity (Wildman–Crippen MR) is 87.3 cm³/mol. The van der Waals surface area contributed by atoms with Gasteiger partial charge in [-0.1, -0.05) is 13.0 Å². The van der Waals surface area contributed by atoms with Gasteiger partial charge in [0, 0.05) is 17.8 Å². The van der Waals surface area contributed by atoms with Gasteiger partial charge in [0.1, 0.15) is 6.04 Å². The Morgan fingerprint density at radius 1 is 1.22 bits per heavy atom. The highest BCUT2D eigenvalue weighted by Gasteiger charge is 2.16. The highest BCUT2D eigenvalue weighted by atomic mass is 16.5. The second-order valence-electron chi connectivity index (χ2n) is 4.91. The van der Waals surface area contributed by atoms with Gasteiger partial charge in [0.25, 0.3) is 5.91 Å². The number of carbonyl (C=O) groups excluding carboxylic acids is 3. The zero-order valence-corrected chi connectivity index (χ0v) is 13.6. The van der Waals surface area contributed by atoms with E-state index < -0.39 is 18.0 Å². The zero-order chi connectivity index (χ0) is 17.2. The molecule has 126 valence electrons. The van der Waals surface area contributed by atoms with E-state index in [0.717, 1.165) is 6.42 Å². The molecule has 7 nitrogen and oxygen atoms in total. The first-order chi connectivity index (χ1) is 11.0. The Kier molecular flexibility index (Phi) is 7.59. The molecule has 0 heterocycles. The third-order valence-electron chi connectivity index (χ3n) is 2.94. The lowest BCUT2D eigenvalue weighted by molar-refractivity contribution is -0.122. The van der Waals surface area contributed by atoms with Crippen molar-refractivity contribution in [2.24, 2.45) is 0 Å². The van der Waals surface area contributed by atoms with E-state index in [1.165, 1.54) is 6.07 Å². The van der Waals surface area contributed by atoms with Crippen molar-refractivity contribution in [3.05, 3.63) is 29.8 Å². The standard InChI is InChI=1S/C16H23N3O4/c1-4-9-17-14(20)11(3)18-15(21)12-7-6-8-13(10-12)19-16(22)23-5-2/h6-8,10-11H,4-5,9H2,1-3H3,(H,17,20)(H,18,21)(H,19,22)/t11-/m0/s1. The molecule has 0 aliphatic carbocycles. The Morgan fingerprint density at radius 3 is 2.61 bits per heavy atom. The molecule has 0 saturated carbocycles. The summed E-state index contributed by atoms with van der Waals surface area (Å²) in [6.45, 7) is 6.10. The molecule has 0 bridgehead atoms. The van der Waals surface area contributed by atoms with Crippen molar-refractivity contribution in [1.29, 1.82) is 0 Å². The molecule has 3 N–H and O–H groups in total. The smallest absolute Gasteiger partial charge is 0.411 e. The summed E-state index contributed by atoms with van der Waals surface area (Å²) in [5, 5.41) is 7.85. The zero-order valence-electron chi connectivity index (χ0n) is 13.6. The minimum Gasteiger partial charge on any atom is -0.450 e. The van der Waals surface area contributed by atoms with Crippen molar-refractivity contribution < 1.29 is 19.1 Å². The van der Waals surface area contributed by atoms with Crippen LogP contribution in [-0.2, 0) is 9.53 Å². The van der Waals surface area contributed by atoms with Gasteiger partial charge in [-0.3, -0.25) is 14.9 Å². The Hall–Kier alpha value is -2.57. The molecule has 3 amide bonds. The van der Waals surface area contributed by atoms with Crippen LogP contribution in [0.5, 0.6) is 0 Å². The summed E-state index contributed by atoms with van der Waals surface area (Å²) in [6, 6.07) is 5.75. The molecule has 1 atom stereocenters. The van der Waals surface area contributed by atoms with Gasteiger partial charge in [-0.2, -0.15) is 0 Å². The van der Waals surface area contributed by atoms with Crippen molar-refractivity contribution in [2.75, 3.05) is 18.5 Å². The van der Waals surface area contributed by atoms with Crippen LogP contribution >= 0.6 is 0 Å². The van der Waals surface area contributed by atoms with Crippen LogP contribution in [0.4, 0.5) is 10.5 Å². The topological polar surface area (TPSA) is 96.5 Å². The number of benzene rings is 1. The highest BCUT2D eigenvalue weighted by molar-refractivity contribution is 5.98. The van der Waals surface area contributed by atoms with Gasteiger partial charge in [0.2, 0.25) is 5.91 Å². The number of ether oxygens (including phenoxy) is 1. The Bertz CT molecular complexity index is 560. The molecule has 1 aromatic carbocycles. The average molecular weight is 321 g/mol. The molecule has 1 aromatic rings. The third-order valence-corrected chi connectivity index (χ3v) is 2.94. The number of amides is 3. The highest BCUT2D eigenvalue weighted by Crippen LogP contribution is 2.11. The molecule has 0 aromatic heterocycles. The Balaban J connectivity index is 2.65. The molecular weight excluding hydrogens is 298 g/mol. The number of hydrogen-bond donors (Lipinski definition) is 3. The van der Waals surface area contributed by atoms with Crippen LogP contribution in [0, 0.1) is 0 Å². The summed E-state index contributed by atoms with van der Waals surface area (Å²) in [4.78, 5) is 35.3. The van der Waals surface area contributed by atoms with Gasteiger partial charge in [0.05, 0.1) is 6.61 Å². The third kappa shape index (κ3) is 6.37. The van der Waals surface area contributed by atoms with Gasteiger partial charge in [-0.05, 0) is 38.5 Å². The first-order valence-corrected chi connectivity index (χ1v) is 7.60. The van der Waals surface area contributed by atoms with Crippen LogP contribution in [-0.4, -0.2) is 37.1 Å². The molecule has 23 heavy (non-hydrogen) atoms. The number of nitrogens with one attached hydrogen (secondary N) is 3. The molecule has 7 heteroatoms. The number of hydrogen-bond acceptors (Lipinski definition) is 4. The lowest BCUT2D eigenvalue weighted by Crippen LogP contribution is -2.45. The Morgan fingerprint density at radius 2 is 1.96 bits per heavy atom. The monoisotopic (exact) mass is 321 g/mol. The summed E-state index contributed by atoms with van der Waals surface area (Å²) in [5.74, 6) is -0.627. The van der Waals surface area contributed by atoms with Crippen LogP contribution in [0.1, 0.15) is 37.6 Å². The first kappa shape index (κ1) is 18.5. The van der Waals surface area contributed by atoms with E-state index >= 15 is 0 Å². The SMILES string of the molecule is CCCNC(=O)[C@H](C)NC(=O)c1cccc(NC(=O)OCC)c1. The van der Waals surface area contributed by atoms with Gasteiger partial charge in [0.15, 0.2) is 0 Å². The molecule has 0 radical (unpaired) electrons. The second-order valence-corrected chi connectivity index (χ2v) is 4.91. The lowest BCUT2D eigenvalue weighted by atomic mass is 10.1. The van der Waals surface area contributed by atoms with E-state index in [9.17, 15) is 14.4 Å². The maximum absolute atomic E-state index is 12.2. The van der Waals surface area contributed by atoms with E-state index in [2.05, 4.69) is 16.0 Å². The molecular formula is C16H23N3O4. The van der Waals surface area contributed by atoms with Crippen molar-refractivity contribution in [1.82, 2.24) is 10.6 Å². The Labute approximate surface area is 135 Å². The second kappa shape index (κ2) is 9.45. The maximum atomic E-state index is 12.2. The van der Waals surface area contributed by atoms with E-state index in [0.29, 0.717) is 17.8 Å². The van der Waals surface area contributed by atoms with Gasteiger partial charge < -0.3 is 15.4 Å². The van der Waals surface area contributed by atoms with Crippen molar-refractivity contribution >= 4 is 23.6 Å². The number of rotatable bonds is 7. The molecule has 0 aliphatic heterocycles. The van der Waals surface area contributed by atoms with Gasteiger partial charge >= 0.3 is 6.09 Å². The molecule has 0 unspecified atom stereocenters. The summed E-state index contributed by atoms with van der Waals surface area (Å²) in [7, 11) is 0. The molecule has 0 saturated heterocycles.